The third kappa shape index (κ3) is 3.42. The molecule has 134 valence electrons. The highest BCUT2D eigenvalue weighted by Gasteiger charge is 2.22. The van der Waals surface area contributed by atoms with Crippen molar-refractivity contribution in [2.75, 3.05) is 5.32 Å². The van der Waals surface area contributed by atoms with Gasteiger partial charge in [0.2, 0.25) is 0 Å². The molecule has 26 heavy (non-hydrogen) atoms. The first-order valence-corrected chi connectivity index (χ1v) is 7.76. The minimum absolute atomic E-state index is 0.0768. The van der Waals surface area contributed by atoms with Crippen LogP contribution in [0.25, 0.3) is 0 Å². The van der Waals surface area contributed by atoms with Gasteiger partial charge in [-0.05, 0) is 12.1 Å². The van der Waals surface area contributed by atoms with E-state index in [1.165, 1.54) is 40.9 Å². The van der Waals surface area contributed by atoms with Gasteiger partial charge in [-0.1, -0.05) is 17.7 Å². The number of carboxylic acid groups (broad SMARTS) is 1. The summed E-state index contributed by atoms with van der Waals surface area (Å²) in [7, 11) is 1.46. The van der Waals surface area contributed by atoms with Crippen LogP contribution in [0.5, 0.6) is 0 Å². The number of nitrogens with zero attached hydrogens (tertiary/aromatic N) is 4. The van der Waals surface area contributed by atoms with Gasteiger partial charge in [0.25, 0.3) is 5.91 Å². The summed E-state index contributed by atoms with van der Waals surface area (Å²) >= 11 is 5.99. The van der Waals surface area contributed by atoms with Gasteiger partial charge in [-0.25, -0.2) is 9.18 Å². The Kier molecular flexibility index (Phi) is 4.72. The number of aromatic nitrogens is 4. The zero-order chi connectivity index (χ0) is 18.8. The molecule has 2 N–H and O–H groups in total. The van der Waals surface area contributed by atoms with E-state index in [4.69, 9.17) is 16.7 Å². The highest BCUT2D eigenvalue weighted by molar-refractivity contribution is 6.31. The second-order valence-electron chi connectivity index (χ2n) is 5.42. The molecule has 8 nitrogen and oxygen atoms in total. The van der Waals surface area contributed by atoms with Crippen LogP contribution in [0.4, 0.5) is 10.1 Å². The van der Waals surface area contributed by atoms with Gasteiger partial charge in [-0.15, -0.1) is 0 Å². The van der Waals surface area contributed by atoms with Crippen molar-refractivity contribution in [3.05, 3.63) is 64.5 Å². The van der Waals surface area contributed by atoms with E-state index in [9.17, 15) is 14.0 Å². The fraction of sp³-hybridized carbons (Fsp3) is 0.125. The number of benzene rings is 1. The van der Waals surface area contributed by atoms with Crippen molar-refractivity contribution in [2.24, 2.45) is 7.05 Å². The lowest BCUT2D eigenvalue weighted by Gasteiger charge is -2.06. The fourth-order valence-corrected chi connectivity index (χ4v) is 2.64. The molecule has 0 aliphatic heterocycles. The van der Waals surface area contributed by atoms with Gasteiger partial charge in [0.1, 0.15) is 17.1 Å². The summed E-state index contributed by atoms with van der Waals surface area (Å²) in [6.07, 6.45) is 3.95. The number of carbonyl (C=O) groups excluding carboxylic acids is 1. The molecular weight excluding hydrogens is 365 g/mol. The number of aromatic carboxylic acids is 1. The maximum Gasteiger partial charge on any atom is 0.339 e. The first-order valence-electron chi connectivity index (χ1n) is 7.39. The lowest BCUT2D eigenvalue weighted by molar-refractivity contribution is 0.0692. The van der Waals surface area contributed by atoms with Crippen LogP contribution in [0.3, 0.4) is 0 Å². The number of rotatable bonds is 5. The average Bonchev–Trinajstić information content (AvgIpc) is 3.17. The Labute approximate surface area is 151 Å². The molecule has 0 fully saturated rings. The summed E-state index contributed by atoms with van der Waals surface area (Å²) in [4.78, 5) is 23.5. The van der Waals surface area contributed by atoms with Crippen molar-refractivity contribution < 1.29 is 19.1 Å². The first kappa shape index (κ1) is 17.6. The van der Waals surface area contributed by atoms with Gasteiger partial charge in [0, 0.05) is 23.8 Å². The number of halogens is 2. The molecule has 1 aromatic carbocycles. The van der Waals surface area contributed by atoms with Crippen LogP contribution in [0.15, 0.2) is 36.8 Å². The average molecular weight is 378 g/mol. The largest absolute Gasteiger partial charge is 0.478 e. The number of hydrogen-bond donors (Lipinski definition) is 2. The van der Waals surface area contributed by atoms with Crippen molar-refractivity contribution in [1.29, 1.82) is 0 Å². The predicted molar refractivity (Wildman–Crippen MR) is 90.9 cm³/mol. The molecule has 3 rings (SSSR count). The zero-order valence-electron chi connectivity index (χ0n) is 13.5. The van der Waals surface area contributed by atoms with Gasteiger partial charge in [0.15, 0.2) is 0 Å². The number of hydrogen-bond acceptors (Lipinski definition) is 4. The third-order valence-electron chi connectivity index (χ3n) is 3.66. The van der Waals surface area contributed by atoms with Crippen molar-refractivity contribution in [3.63, 3.8) is 0 Å². The van der Waals surface area contributed by atoms with Crippen LogP contribution >= 0.6 is 11.6 Å². The van der Waals surface area contributed by atoms with E-state index >= 15 is 0 Å². The third-order valence-corrected chi connectivity index (χ3v) is 4.01. The fourth-order valence-electron chi connectivity index (χ4n) is 2.41. The summed E-state index contributed by atoms with van der Waals surface area (Å²) in [5.74, 6) is -2.36. The summed E-state index contributed by atoms with van der Waals surface area (Å²) in [5, 5.41) is 19.8. The van der Waals surface area contributed by atoms with Crippen molar-refractivity contribution >= 4 is 29.2 Å². The van der Waals surface area contributed by atoms with Crippen LogP contribution in [0, 0.1) is 5.82 Å². The molecule has 0 aliphatic carbocycles. The molecule has 2 heterocycles. The van der Waals surface area contributed by atoms with E-state index in [-0.39, 0.29) is 28.4 Å². The van der Waals surface area contributed by atoms with E-state index in [1.54, 1.807) is 6.07 Å². The second-order valence-corrected chi connectivity index (χ2v) is 5.82. The summed E-state index contributed by atoms with van der Waals surface area (Å²) in [6.45, 7) is 0.0768. The molecule has 2 aromatic heterocycles. The number of carbonyl (C=O) groups is 2. The van der Waals surface area contributed by atoms with E-state index in [0.29, 0.717) is 5.69 Å². The molecule has 0 bridgehead atoms. The van der Waals surface area contributed by atoms with Crippen molar-refractivity contribution in [2.45, 2.75) is 6.54 Å². The molecule has 0 aliphatic rings. The topological polar surface area (TPSA) is 102 Å². The van der Waals surface area contributed by atoms with E-state index in [2.05, 4.69) is 15.5 Å². The molecular formula is C16H13ClFN5O3. The molecule has 0 saturated heterocycles. The molecule has 0 saturated carbocycles. The van der Waals surface area contributed by atoms with Crippen LogP contribution in [0.2, 0.25) is 5.02 Å². The zero-order valence-corrected chi connectivity index (χ0v) is 14.2. The number of anilines is 1. The molecule has 3 aromatic rings. The van der Waals surface area contributed by atoms with E-state index in [0.717, 1.165) is 6.20 Å². The Morgan fingerprint density at radius 3 is 2.77 bits per heavy atom. The van der Waals surface area contributed by atoms with Crippen LogP contribution in [0.1, 0.15) is 26.4 Å². The predicted octanol–water partition coefficient (Wildman–Crippen LogP) is 2.41. The summed E-state index contributed by atoms with van der Waals surface area (Å²) < 4.78 is 16.4. The first-order chi connectivity index (χ1) is 12.4. The Bertz CT molecular complexity index is 977. The van der Waals surface area contributed by atoms with E-state index in [1.807, 2.05) is 0 Å². The van der Waals surface area contributed by atoms with Gasteiger partial charge in [0.05, 0.1) is 24.6 Å². The van der Waals surface area contributed by atoms with Crippen molar-refractivity contribution in [3.8, 4) is 0 Å². The number of aryl methyl sites for hydroxylation is 1. The smallest absolute Gasteiger partial charge is 0.339 e. The molecule has 1 amide bonds. The Morgan fingerprint density at radius 1 is 1.31 bits per heavy atom. The van der Waals surface area contributed by atoms with Gasteiger partial charge in [-0.3, -0.25) is 14.2 Å². The highest BCUT2D eigenvalue weighted by Crippen LogP contribution is 2.20. The highest BCUT2D eigenvalue weighted by atomic mass is 35.5. The lowest BCUT2D eigenvalue weighted by atomic mass is 10.2. The summed E-state index contributed by atoms with van der Waals surface area (Å²) in [6, 6.07) is 4.37. The normalized spacial score (nSPS) is 10.7. The van der Waals surface area contributed by atoms with Crippen LogP contribution in [-0.2, 0) is 13.6 Å². The summed E-state index contributed by atoms with van der Waals surface area (Å²) in [5.41, 5.74) is 0.285. The second kappa shape index (κ2) is 6.96. The van der Waals surface area contributed by atoms with Gasteiger partial charge < -0.3 is 10.4 Å². The Morgan fingerprint density at radius 2 is 2.08 bits per heavy atom. The van der Waals surface area contributed by atoms with E-state index < -0.39 is 17.7 Å². The minimum Gasteiger partial charge on any atom is -0.478 e. The van der Waals surface area contributed by atoms with Crippen LogP contribution < -0.4 is 5.32 Å². The SMILES string of the molecule is Cn1ncc(C(=O)O)c1C(=O)Nc1cnn(Cc2c(F)cccc2Cl)c1. The molecule has 0 spiro atoms. The van der Waals surface area contributed by atoms with Crippen molar-refractivity contribution in [1.82, 2.24) is 19.6 Å². The monoisotopic (exact) mass is 377 g/mol. The number of carboxylic acids is 1. The molecule has 0 radical (unpaired) electrons. The molecule has 10 heteroatoms. The van der Waals surface area contributed by atoms with Gasteiger partial charge in [-0.2, -0.15) is 10.2 Å². The maximum absolute atomic E-state index is 13.8. The number of nitrogens with one attached hydrogen (secondary N) is 1. The lowest BCUT2D eigenvalue weighted by Crippen LogP contribution is -2.19. The maximum atomic E-state index is 13.8. The standard InChI is InChI=1S/C16H13ClFN5O3/c1-22-14(10(6-19-22)16(25)26)15(24)21-9-5-20-23(7-9)8-11-12(17)3-2-4-13(11)18/h2-7H,8H2,1H3,(H,21,24)(H,25,26). The Hall–Kier alpha value is -3.20. The Balaban J connectivity index is 1.78. The quantitative estimate of drug-likeness (QED) is 0.710. The van der Waals surface area contributed by atoms with Crippen LogP contribution in [-0.4, -0.2) is 36.5 Å². The molecule has 0 atom stereocenters. The van der Waals surface area contributed by atoms with Gasteiger partial charge >= 0.3 is 5.97 Å². The minimum atomic E-state index is -1.26. The molecule has 0 unspecified atom stereocenters. The number of amides is 1.